The lowest BCUT2D eigenvalue weighted by atomic mass is 10.0. The van der Waals surface area contributed by atoms with E-state index in [2.05, 4.69) is 36.5 Å². The van der Waals surface area contributed by atoms with Gasteiger partial charge in [0.1, 0.15) is 0 Å². The van der Waals surface area contributed by atoms with Crippen LogP contribution in [0.4, 0.5) is 0 Å². The lowest BCUT2D eigenvalue weighted by molar-refractivity contribution is -0.120. The molecule has 1 aromatic carbocycles. The molecule has 0 heterocycles. The molecule has 0 bridgehead atoms. The molecule has 2 rings (SSSR count). The molecule has 1 amide bonds. The van der Waals surface area contributed by atoms with Gasteiger partial charge in [0.15, 0.2) is 0 Å². The summed E-state index contributed by atoms with van der Waals surface area (Å²) in [5, 5.41) is 3.87. The van der Waals surface area contributed by atoms with E-state index in [0.29, 0.717) is 6.42 Å². The van der Waals surface area contributed by atoms with E-state index in [9.17, 15) is 4.79 Å². The first-order valence-electron chi connectivity index (χ1n) is 8.24. The van der Waals surface area contributed by atoms with Gasteiger partial charge in [-0.1, -0.05) is 50.5 Å². The van der Waals surface area contributed by atoms with Gasteiger partial charge in [0.25, 0.3) is 0 Å². The van der Waals surface area contributed by atoms with Crippen molar-refractivity contribution < 1.29 is 4.79 Å². The Balaban J connectivity index is 1.60. The van der Waals surface area contributed by atoms with Crippen LogP contribution in [0.25, 0.3) is 0 Å². The van der Waals surface area contributed by atoms with Gasteiger partial charge in [0.2, 0.25) is 5.91 Å². The molecule has 0 spiro atoms. The average molecular weight is 305 g/mol. The van der Waals surface area contributed by atoms with Crippen LogP contribution in [-0.4, -0.2) is 23.5 Å². The maximum absolute atomic E-state index is 11.9. The first-order valence-corrected chi connectivity index (χ1v) is 9.29. The molecule has 0 unspecified atom stereocenters. The van der Waals surface area contributed by atoms with Crippen LogP contribution in [0.3, 0.4) is 0 Å². The standard InChI is InChI=1S/C18H27NOS/c1-2-15-8-10-16(11-9-15)14-18(20)19-12-13-21-17-6-4-3-5-7-17/h8-11,17H,2-7,12-14H2,1H3,(H,19,20). The highest BCUT2D eigenvalue weighted by molar-refractivity contribution is 7.99. The number of carbonyl (C=O) groups excluding carboxylic acids is 1. The van der Waals surface area contributed by atoms with Gasteiger partial charge in [0.05, 0.1) is 6.42 Å². The number of carbonyl (C=O) groups is 1. The molecule has 1 fully saturated rings. The highest BCUT2D eigenvalue weighted by Gasteiger charge is 2.13. The fourth-order valence-electron chi connectivity index (χ4n) is 2.79. The average Bonchev–Trinajstić information content (AvgIpc) is 2.53. The molecule has 1 aromatic rings. The van der Waals surface area contributed by atoms with Crippen molar-refractivity contribution in [2.24, 2.45) is 0 Å². The summed E-state index contributed by atoms with van der Waals surface area (Å²) in [6.07, 6.45) is 8.45. The van der Waals surface area contributed by atoms with E-state index in [-0.39, 0.29) is 5.91 Å². The van der Waals surface area contributed by atoms with Crippen LogP contribution in [0.5, 0.6) is 0 Å². The number of rotatable bonds is 7. The lowest BCUT2D eigenvalue weighted by Crippen LogP contribution is -2.27. The van der Waals surface area contributed by atoms with Crippen LogP contribution >= 0.6 is 11.8 Å². The number of hydrogen-bond acceptors (Lipinski definition) is 2. The molecule has 1 aliphatic rings. The summed E-state index contributed by atoms with van der Waals surface area (Å²) in [5.74, 6) is 1.19. The zero-order valence-corrected chi connectivity index (χ0v) is 13.9. The molecule has 0 aromatic heterocycles. The third-order valence-corrected chi connectivity index (χ3v) is 5.51. The molecule has 2 nitrogen and oxygen atoms in total. The summed E-state index contributed by atoms with van der Waals surface area (Å²) in [6.45, 7) is 2.94. The SMILES string of the molecule is CCc1ccc(CC(=O)NCCSC2CCCCC2)cc1. The predicted octanol–water partition coefficient (Wildman–Crippen LogP) is 3.97. The highest BCUT2D eigenvalue weighted by Crippen LogP contribution is 2.27. The summed E-state index contributed by atoms with van der Waals surface area (Å²) in [5.41, 5.74) is 2.42. The van der Waals surface area contributed by atoms with Gasteiger partial charge in [-0.2, -0.15) is 11.8 Å². The van der Waals surface area contributed by atoms with E-state index < -0.39 is 0 Å². The molecule has 0 radical (unpaired) electrons. The third-order valence-electron chi connectivity index (χ3n) is 4.13. The Morgan fingerprint density at radius 3 is 2.48 bits per heavy atom. The fraction of sp³-hybridized carbons (Fsp3) is 0.611. The monoisotopic (exact) mass is 305 g/mol. The minimum Gasteiger partial charge on any atom is -0.355 e. The normalized spacial score (nSPS) is 15.9. The van der Waals surface area contributed by atoms with Gasteiger partial charge >= 0.3 is 0 Å². The molecule has 21 heavy (non-hydrogen) atoms. The minimum absolute atomic E-state index is 0.142. The Kier molecular flexibility index (Phi) is 7.14. The summed E-state index contributed by atoms with van der Waals surface area (Å²) < 4.78 is 0. The van der Waals surface area contributed by atoms with Gasteiger partial charge in [0, 0.05) is 17.5 Å². The van der Waals surface area contributed by atoms with Crippen molar-refractivity contribution in [3.05, 3.63) is 35.4 Å². The Labute approximate surface area is 133 Å². The van der Waals surface area contributed by atoms with Crippen molar-refractivity contribution in [3.8, 4) is 0 Å². The zero-order valence-electron chi connectivity index (χ0n) is 13.1. The van der Waals surface area contributed by atoms with Crippen molar-refractivity contribution in [1.82, 2.24) is 5.32 Å². The van der Waals surface area contributed by atoms with E-state index in [1.54, 1.807) is 0 Å². The molecule has 0 aliphatic heterocycles. The van der Waals surface area contributed by atoms with Crippen molar-refractivity contribution in [2.75, 3.05) is 12.3 Å². The quantitative estimate of drug-likeness (QED) is 0.772. The number of amides is 1. The highest BCUT2D eigenvalue weighted by atomic mass is 32.2. The van der Waals surface area contributed by atoms with Crippen LogP contribution in [0.1, 0.15) is 50.2 Å². The Bertz CT molecular complexity index is 423. The van der Waals surface area contributed by atoms with Gasteiger partial charge in [-0.25, -0.2) is 0 Å². The minimum atomic E-state index is 0.142. The maximum Gasteiger partial charge on any atom is 0.224 e. The molecule has 0 saturated heterocycles. The van der Waals surface area contributed by atoms with Crippen LogP contribution in [0, 0.1) is 0 Å². The summed E-state index contributed by atoms with van der Waals surface area (Å²) in [7, 11) is 0. The van der Waals surface area contributed by atoms with Gasteiger partial charge in [-0.05, 0) is 30.4 Å². The number of nitrogens with one attached hydrogen (secondary N) is 1. The van der Waals surface area contributed by atoms with Crippen LogP contribution in [0.2, 0.25) is 0 Å². The van der Waals surface area contributed by atoms with E-state index >= 15 is 0 Å². The first kappa shape index (κ1) is 16.4. The van der Waals surface area contributed by atoms with Crippen LogP contribution in [-0.2, 0) is 17.6 Å². The molecule has 1 aliphatic carbocycles. The van der Waals surface area contributed by atoms with Gasteiger partial charge in [-0.15, -0.1) is 0 Å². The second-order valence-corrected chi connectivity index (χ2v) is 7.24. The number of aryl methyl sites for hydroxylation is 1. The first-order chi connectivity index (χ1) is 10.3. The molecular weight excluding hydrogens is 278 g/mol. The largest absolute Gasteiger partial charge is 0.355 e. The molecule has 116 valence electrons. The fourth-order valence-corrected chi connectivity index (χ4v) is 4.01. The van der Waals surface area contributed by atoms with E-state index in [1.807, 2.05) is 11.8 Å². The topological polar surface area (TPSA) is 29.1 Å². The Morgan fingerprint density at radius 1 is 1.14 bits per heavy atom. The predicted molar refractivity (Wildman–Crippen MR) is 91.9 cm³/mol. The van der Waals surface area contributed by atoms with Crippen LogP contribution < -0.4 is 5.32 Å². The second-order valence-electron chi connectivity index (χ2n) is 5.83. The van der Waals surface area contributed by atoms with E-state index in [0.717, 1.165) is 29.5 Å². The van der Waals surface area contributed by atoms with E-state index in [4.69, 9.17) is 0 Å². The summed E-state index contributed by atoms with van der Waals surface area (Å²) in [6, 6.07) is 8.35. The van der Waals surface area contributed by atoms with Crippen molar-refractivity contribution in [1.29, 1.82) is 0 Å². The summed E-state index contributed by atoms with van der Waals surface area (Å²) in [4.78, 5) is 11.9. The van der Waals surface area contributed by atoms with Crippen molar-refractivity contribution >= 4 is 17.7 Å². The lowest BCUT2D eigenvalue weighted by Gasteiger charge is -2.20. The number of thioether (sulfide) groups is 1. The van der Waals surface area contributed by atoms with Crippen molar-refractivity contribution in [3.63, 3.8) is 0 Å². The van der Waals surface area contributed by atoms with Gasteiger partial charge < -0.3 is 5.32 Å². The number of benzene rings is 1. The molecular formula is C18H27NOS. The molecule has 0 atom stereocenters. The maximum atomic E-state index is 11.9. The zero-order chi connectivity index (χ0) is 14.9. The second kappa shape index (κ2) is 9.14. The number of hydrogen-bond donors (Lipinski definition) is 1. The smallest absolute Gasteiger partial charge is 0.224 e. The Hall–Kier alpha value is -0.960. The molecule has 1 saturated carbocycles. The van der Waals surface area contributed by atoms with Crippen LogP contribution in [0.15, 0.2) is 24.3 Å². The Morgan fingerprint density at radius 2 is 1.81 bits per heavy atom. The van der Waals surface area contributed by atoms with E-state index in [1.165, 1.54) is 37.7 Å². The van der Waals surface area contributed by atoms with Crippen molar-refractivity contribution in [2.45, 2.75) is 57.1 Å². The third kappa shape index (κ3) is 6.13. The van der Waals surface area contributed by atoms with Gasteiger partial charge in [-0.3, -0.25) is 4.79 Å². The molecule has 3 heteroatoms. The molecule has 1 N–H and O–H groups in total. The summed E-state index contributed by atoms with van der Waals surface area (Å²) >= 11 is 2.04.